The zero-order valence-electron chi connectivity index (χ0n) is 19.6. The maximum absolute atomic E-state index is 13.2. The summed E-state index contributed by atoms with van der Waals surface area (Å²) >= 11 is 0. The van der Waals surface area contributed by atoms with E-state index in [9.17, 15) is 19.8 Å². The number of aliphatic hydroxyl groups excluding tert-OH is 1. The number of aliphatic hydroxyl groups is 1. The van der Waals surface area contributed by atoms with Crippen molar-refractivity contribution in [3.63, 3.8) is 0 Å². The number of ketones is 1. The van der Waals surface area contributed by atoms with Crippen molar-refractivity contribution in [2.75, 3.05) is 6.54 Å². The van der Waals surface area contributed by atoms with E-state index in [0.29, 0.717) is 17.5 Å². The van der Waals surface area contributed by atoms with Crippen LogP contribution in [0, 0.1) is 13.8 Å². The third-order valence-corrected chi connectivity index (χ3v) is 6.80. The van der Waals surface area contributed by atoms with E-state index >= 15 is 0 Å². The van der Waals surface area contributed by atoms with Crippen molar-refractivity contribution in [1.82, 2.24) is 9.88 Å². The Morgan fingerprint density at radius 1 is 0.971 bits per heavy atom. The largest absolute Gasteiger partial charge is 0.508 e. The van der Waals surface area contributed by atoms with Crippen molar-refractivity contribution in [3.8, 4) is 5.75 Å². The second-order valence-electron chi connectivity index (χ2n) is 9.00. The molecule has 1 saturated heterocycles. The maximum Gasteiger partial charge on any atom is 0.295 e. The van der Waals surface area contributed by atoms with Gasteiger partial charge in [-0.1, -0.05) is 42.5 Å². The van der Waals surface area contributed by atoms with Gasteiger partial charge in [0.1, 0.15) is 11.5 Å². The Hall–Kier alpha value is -4.32. The Morgan fingerprint density at radius 3 is 2.54 bits per heavy atom. The highest BCUT2D eigenvalue weighted by Crippen LogP contribution is 2.40. The number of phenolic OH excluding ortho intramolecular Hbond substituents is 1. The van der Waals surface area contributed by atoms with Gasteiger partial charge in [0.2, 0.25) is 0 Å². The van der Waals surface area contributed by atoms with E-state index < -0.39 is 17.7 Å². The molecule has 6 nitrogen and oxygen atoms in total. The molecule has 35 heavy (non-hydrogen) atoms. The zero-order valence-corrected chi connectivity index (χ0v) is 19.6. The minimum atomic E-state index is -0.811. The van der Waals surface area contributed by atoms with Crippen molar-refractivity contribution < 1.29 is 19.8 Å². The van der Waals surface area contributed by atoms with Crippen LogP contribution in [0.15, 0.2) is 78.5 Å². The van der Waals surface area contributed by atoms with E-state index in [1.54, 1.807) is 18.2 Å². The summed E-state index contributed by atoms with van der Waals surface area (Å²) < 4.78 is 0. The van der Waals surface area contributed by atoms with Crippen LogP contribution in [-0.2, 0) is 16.0 Å². The number of aromatic amines is 1. The summed E-state index contributed by atoms with van der Waals surface area (Å²) in [7, 11) is 0. The molecule has 1 unspecified atom stereocenters. The Bertz CT molecular complexity index is 1500. The normalized spacial score (nSPS) is 17.4. The highest BCUT2D eigenvalue weighted by Gasteiger charge is 2.46. The topological polar surface area (TPSA) is 93.6 Å². The number of para-hydroxylation sites is 1. The molecule has 0 radical (unpaired) electrons. The van der Waals surface area contributed by atoms with Crippen LogP contribution >= 0.6 is 0 Å². The number of fused-ring (bicyclic) bond motifs is 1. The van der Waals surface area contributed by atoms with Crippen LogP contribution in [-0.4, -0.2) is 38.3 Å². The van der Waals surface area contributed by atoms with Crippen LogP contribution in [0.4, 0.5) is 0 Å². The number of Topliss-reactive ketones (excluding diaryl/α,β-unsaturated/α-hetero) is 1. The van der Waals surface area contributed by atoms with Gasteiger partial charge in [0.15, 0.2) is 0 Å². The number of nitrogens with zero attached hydrogens (tertiary/aromatic N) is 1. The molecule has 1 aliphatic heterocycles. The number of aryl methyl sites for hydroxylation is 2. The smallest absolute Gasteiger partial charge is 0.295 e. The number of rotatable bonds is 5. The number of phenols is 1. The highest BCUT2D eigenvalue weighted by molar-refractivity contribution is 6.46. The number of aromatic nitrogens is 1. The molecule has 0 spiro atoms. The first kappa shape index (κ1) is 22.5. The van der Waals surface area contributed by atoms with Crippen molar-refractivity contribution in [3.05, 3.63) is 106 Å². The number of carbonyl (C=O) groups is 2. The molecule has 1 aliphatic rings. The fourth-order valence-electron chi connectivity index (χ4n) is 4.78. The van der Waals surface area contributed by atoms with Gasteiger partial charge < -0.3 is 20.1 Å². The lowest BCUT2D eigenvalue weighted by Crippen LogP contribution is -2.31. The Balaban J connectivity index is 1.58. The lowest BCUT2D eigenvalue weighted by Gasteiger charge is -2.25. The van der Waals surface area contributed by atoms with Gasteiger partial charge in [0.05, 0.1) is 11.6 Å². The molecule has 1 amide bonds. The first-order valence-corrected chi connectivity index (χ1v) is 11.5. The standard InChI is InChI=1S/C29H26N2O4/c1-17-10-11-20(14-18(17)2)27(33)25-26(19-6-5-7-22(32)15-19)31(29(35)28(25)34)13-12-21-16-30-24-9-4-3-8-23(21)24/h3-11,14-16,26,30,32-33H,12-13H2,1-2H3/b27-25+. The van der Waals surface area contributed by atoms with Gasteiger partial charge in [-0.25, -0.2) is 0 Å². The summed E-state index contributed by atoms with van der Waals surface area (Å²) in [6.45, 7) is 4.17. The molecule has 176 valence electrons. The fourth-order valence-corrected chi connectivity index (χ4v) is 4.78. The average Bonchev–Trinajstić information content (AvgIpc) is 3.37. The molecular weight excluding hydrogens is 440 g/mol. The Kier molecular flexibility index (Phi) is 5.65. The first-order valence-electron chi connectivity index (χ1n) is 11.5. The number of hydrogen-bond acceptors (Lipinski definition) is 4. The van der Waals surface area contributed by atoms with E-state index in [1.807, 2.05) is 56.4 Å². The lowest BCUT2D eigenvalue weighted by molar-refractivity contribution is -0.139. The molecule has 3 aromatic carbocycles. The molecule has 2 heterocycles. The third kappa shape index (κ3) is 3.97. The zero-order chi connectivity index (χ0) is 24.7. The molecule has 3 N–H and O–H groups in total. The lowest BCUT2D eigenvalue weighted by atomic mass is 9.94. The summed E-state index contributed by atoms with van der Waals surface area (Å²) in [5.41, 5.74) is 5.14. The maximum atomic E-state index is 13.2. The molecule has 0 aliphatic carbocycles. The van der Waals surface area contributed by atoms with Gasteiger partial charge in [-0.05, 0) is 66.8 Å². The summed E-state index contributed by atoms with van der Waals surface area (Å²) in [5.74, 6) is -1.58. The highest BCUT2D eigenvalue weighted by atomic mass is 16.3. The minimum Gasteiger partial charge on any atom is -0.508 e. The van der Waals surface area contributed by atoms with Gasteiger partial charge in [0, 0.05) is 29.2 Å². The quantitative estimate of drug-likeness (QED) is 0.215. The number of benzene rings is 3. The molecule has 4 aromatic rings. The molecule has 0 bridgehead atoms. The predicted octanol–water partition coefficient (Wildman–Crippen LogP) is 5.15. The van der Waals surface area contributed by atoms with E-state index in [4.69, 9.17) is 0 Å². The molecule has 1 atom stereocenters. The van der Waals surface area contributed by atoms with E-state index in [2.05, 4.69) is 4.98 Å². The predicted molar refractivity (Wildman–Crippen MR) is 135 cm³/mol. The number of aromatic hydroxyl groups is 1. The molecule has 1 aromatic heterocycles. The minimum absolute atomic E-state index is 0.0240. The molecule has 6 heteroatoms. The van der Waals surface area contributed by atoms with E-state index in [0.717, 1.165) is 27.6 Å². The molecule has 1 fully saturated rings. The van der Waals surface area contributed by atoms with Crippen molar-refractivity contribution >= 4 is 28.4 Å². The van der Waals surface area contributed by atoms with Gasteiger partial charge in [-0.3, -0.25) is 9.59 Å². The molecule has 0 saturated carbocycles. The molecular formula is C29H26N2O4. The van der Waals surface area contributed by atoms with Crippen LogP contribution < -0.4 is 0 Å². The van der Waals surface area contributed by atoms with Crippen molar-refractivity contribution in [2.45, 2.75) is 26.3 Å². The monoisotopic (exact) mass is 466 g/mol. The number of H-pyrrole nitrogens is 1. The Morgan fingerprint density at radius 2 is 1.77 bits per heavy atom. The van der Waals surface area contributed by atoms with Crippen LogP contribution in [0.25, 0.3) is 16.7 Å². The van der Waals surface area contributed by atoms with Gasteiger partial charge in [-0.15, -0.1) is 0 Å². The number of hydrogen-bond donors (Lipinski definition) is 3. The third-order valence-electron chi connectivity index (χ3n) is 6.80. The summed E-state index contributed by atoms with van der Waals surface area (Å²) in [4.78, 5) is 31.2. The number of carbonyl (C=O) groups excluding carboxylic acids is 2. The van der Waals surface area contributed by atoms with Gasteiger partial charge >= 0.3 is 0 Å². The second-order valence-corrected chi connectivity index (χ2v) is 9.00. The SMILES string of the molecule is Cc1ccc(/C(O)=C2\C(=O)C(=O)N(CCc3c[nH]c4ccccc34)C2c2cccc(O)c2)cc1C. The van der Waals surface area contributed by atoms with Gasteiger partial charge in [0.25, 0.3) is 11.7 Å². The Labute approximate surface area is 203 Å². The van der Waals surface area contributed by atoms with Crippen molar-refractivity contribution in [2.24, 2.45) is 0 Å². The number of likely N-dealkylation sites (tertiary alicyclic amines) is 1. The summed E-state index contributed by atoms with van der Waals surface area (Å²) in [6, 6.07) is 19.0. The van der Waals surface area contributed by atoms with Crippen LogP contribution in [0.5, 0.6) is 5.75 Å². The van der Waals surface area contributed by atoms with Gasteiger partial charge in [-0.2, -0.15) is 0 Å². The van der Waals surface area contributed by atoms with E-state index in [1.165, 1.54) is 17.0 Å². The van der Waals surface area contributed by atoms with E-state index in [-0.39, 0.29) is 23.6 Å². The van der Waals surface area contributed by atoms with Crippen LogP contribution in [0.3, 0.4) is 0 Å². The van der Waals surface area contributed by atoms with Crippen LogP contribution in [0.1, 0.15) is 33.9 Å². The number of nitrogens with one attached hydrogen (secondary N) is 1. The number of amides is 1. The average molecular weight is 467 g/mol. The molecule has 5 rings (SSSR count). The summed E-state index contributed by atoms with van der Waals surface area (Å²) in [6.07, 6.45) is 2.44. The fraction of sp³-hybridized carbons (Fsp3) is 0.172. The first-order chi connectivity index (χ1) is 16.8. The second kappa shape index (κ2) is 8.80. The van der Waals surface area contributed by atoms with Crippen molar-refractivity contribution in [1.29, 1.82) is 0 Å². The van der Waals surface area contributed by atoms with Crippen LogP contribution in [0.2, 0.25) is 0 Å². The summed E-state index contributed by atoms with van der Waals surface area (Å²) in [5, 5.41) is 22.4.